The summed E-state index contributed by atoms with van der Waals surface area (Å²) in [6.07, 6.45) is 1.81. The number of amides is 3. The minimum absolute atomic E-state index is 0.106. The van der Waals surface area contributed by atoms with Crippen molar-refractivity contribution < 1.29 is 18.8 Å². The van der Waals surface area contributed by atoms with Crippen LogP contribution in [0.4, 0.5) is 22.0 Å². The molecular weight excluding hydrogens is 560 g/mol. The molecule has 12 heteroatoms. The molecule has 3 aromatic heterocycles. The van der Waals surface area contributed by atoms with Gasteiger partial charge in [0.15, 0.2) is 11.6 Å². The van der Waals surface area contributed by atoms with Crippen LogP contribution in [0.3, 0.4) is 0 Å². The monoisotopic (exact) mass is 592 g/mol. The number of fused-ring (bicyclic) bond motifs is 1. The Hall–Kier alpha value is -5.36. The van der Waals surface area contributed by atoms with Crippen LogP contribution in [0.2, 0.25) is 0 Å². The van der Waals surface area contributed by atoms with Crippen LogP contribution >= 0.6 is 0 Å². The summed E-state index contributed by atoms with van der Waals surface area (Å²) in [4.78, 5) is 43.0. The standard InChI is InChI=1S/C32H32N8O4/c1-19-27(20(2)44-38-19)23-17-26-28(33-18-23)30(40-13-15-43-16-14-40)37-29(36-26)21-5-9-24(10-6-21)34-32(42)35-25-11-7-22(8-12-25)31(41)39(3)4/h5-12,17-18H,13-16H2,1-4H3,(H2,34,35,42). The quantitative estimate of drug-likeness (QED) is 0.274. The molecule has 44 heavy (non-hydrogen) atoms. The number of aryl methyl sites for hydroxylation is 2. The van der Waals surface area contributed by atoms with Gasteiger partial charge in [-0.3, -0.25) is 9.78 Å². The molecule has 2 N–H and O–H groups in total. The van der Waals surface area contributed by atoms with Crippen LogP contribution < -0.4 is 15.5 Å². The van der Waals surface area contributed by atoms with Crippen LogP contribution in [-0.2, 0) is 4.74 Å². The first-order valence-electron chi connectivity index (χ1n) is 14.2. The van der Waals surface area contributed by atoms with E-state index in [1.54, 1.807) is 50.5 Å². The number of hydrogen-bond donors (Lipinski definition) is 2. The molecule has 12 nitrogen and oxygen atoms in total. The van der Waals surface area contributed by atoms with Gasteiger partial charge >= 0.3 is 6.03 Å². The lowest BCUT2D eigenvalue weighted by molar-refractivity contribution is 0.0827. The SMILES string of the molecule is Cc1noc(C)c1-c1cnc2c(N3CCOCC3)nc(-c3ccc(NC(=O)Nc4ccc(C(=O)N(C)C)cc4)cc3)nc2c1. The van der Waals surface area contributed by atoms with Gasteiger partial charge in [0.2, 0.25) is 0 Å². The lowest BCUT2D eigenvalue weighted by Crippen LogP contribution is -2.37. The molecule has 6 rings (SSSR count). The topological polar surface area (TPSA) is 139 Å². The lowest BCUT2D eigenvalue weighted by Gasteiger charge is -2.28. The Morgan fingerprint density at radius 3 is 2.16 bits per heavy atom. The Labute approximate surface area is 254 Å². The summed E-state index contributed by atoms with van der Waals surface area (Å²) in [7, 11) is 3.38. The molecule has 2 aromatic carbocycles. The summed E-state index contributed by atoms with van der Waals surface area (Å²) in [5, 5.41) is 9.72. The highest BCUT2D eigenvalue weighted by Crippen LogP contribution is 2.32. The second-order valence-electron chi connectivity index (χ2n) is 10.7. The molecule has 0 saturated carbocycles. The highest BCUT2D eigenvalue weighted by molar-refractivity contribution is 6.00. The number of aromatic nitrogens is 4. The fourth-order valence-corrected chi connectivity index (χ4v) is 5.11. The number of rotatable bonds is 6. The van der Waals surface area contributed by atoms with Gasteiger partial charge in [0.1, 0.15) is 11.3 Å². The first kappa shape index (κ1) is 28.7. The van der Waals surface area contributed by atoms with Crippen molar-refractivity contribution in [1.29, 1.82) is 0 Å². The summed E-state index contributed by atoms with van der Waals surface area (Å²) in [6, 6.07) is 15.7. The highest BCUT2D eigenvalue weighted by Gasteiger charge is 2.21. The molecule has 0 radical (unpaired) electrons. The summed E-state index contributed by atoms with van der Waals surface area (Å²) < 4.78 is 11.0. The third-order valence-electron chi connectivity index (χ3n) is 7.35. The van der Waals surface area contributed by atoms with E-state index in [-0.39, 0.29) is 5.91 Å². The summed E-state index contributed by atoms with van der Waals surface area (Å²) in [5.41, 5.74) is 6.47. The molecule has 224 valence electrons. The van der Waals surface area contributed by atoms with E-state index >= 15 is 0 Å². The number of carbonyl (C=O) groups is 2. The zero-order valence-corrected chi connectivity index (χ0v) is 24.9. The largest absolute Gasteiger partial charge is 0.378 e. The van der Waals surface area contributed by atoms with Crippen LogP contribution in [0.15, 0.2) is 65.3 Å². The number of hydrogen-bond acceptors (Lipinski definition) is 9. The first-order chi connectivity index (χ1) is 21.3. The molecular formula is C32H32N8O4. The first-order valence-corrected chi connectivity index (χ1v) is 14.2. The molecule has 0 atom stereocenters. The third-order valence-corrected chi connectivity index (χ3v) is 7.35. The molecule has 5 aromatic rings. The molecule has 0 bridgehead atoms. The maximum Gasteiger partial charge on any atom is 0.323 e. The average Bonchev–Trinajstić information content (AvgIpc) is 3.38. The van der Waals surface area contributed by atoms with Gasteiger partial charge in [-0.05, 0) is 68.4 Å². The number of benzene rings is 2. The Morgan fingerprint density at radius 2 is 1.55 bits per heavy atom. The molecule has 4 heterocycles. The van der Waals surface area contributed by atoms with Crippen LogP contribution in [0.5, 0.6) is 0 Å². The van der Waals surface area contributed by atoms with E-state index in [1.165, 1.54) is 4.90 Å². The van der Waals surface area contributed by atoms with Crippen LogP contribution in [0.1, 0.15) is 21.8 Å². The van der Waals surface area contributed by atoms with E-state index in [1.807, 2.05) is 38.2 Å². The predicted molar refractivity (Wildman–Crippen MR) is 168 cm³/mol. The summed E-state index contributed by atoms with van der Waals surface area (Å²) in [6.45, 7) is 6.40. The molecule has 0 spiro atoms. The minimum Gasteiger partial charge on any atom is -0.378 e. The fourth-order valence-electron chi connectivity index (χ4n) is 5.11. The van der Waals surface area contributed by atoms with Gasteiger partial charge in [-0.1, -0.05) is 5.16 Å². The third kappa shape index (κ3) is 5.92. The Balaban J connectivity index is 1.25. The number of ether oxygens (including phenoxy) is 1. The summed E-state index contributed by atoms with van der Waals surface area (Å²) in [5.74, 6) is 1.90. The van der Waals surface area contributed by atoms with Gasteiger partial charge in [-0.15, -0.1) is 0 Å². The van der Waals surface area contributed by atoms with E-state index in [2.05, 4.69) is 20.7 Å². The lowest BCUT2D eigenvalue weighted by atomic mass is 10.1. The Kier molecular flexibility index (Phi) is 7.90. The number of nitrogens with zero attached hydrogens (tertiary/aromatic N) is 6. The number of nitrogens with one attached hydrogen (secondary N) is 2. The van der Waals surface area contributed by atoms with Crippen molar-refractivity contribution in [3.8, 4) is 22.5 Å². The van der Waals surface area contributed by atoms with Gasteiger partial charge in [-0.2, -0.15) is 0 Å². The number of pyridine rings is 1. The minimum atomic E-state index is -0.404. The van der Waals surface area contributed by atoms with Crippen molar-refractivity contribution in [1.82, 2.24) is 25.0 Å². The van der Waals surface area contributed by atoms with E-state index in [0.717, 1.165) is 34.0 Å². The number of anilines is 3. The van der Waals surface area contributed by atoms with Gasteiger partial charge in [-0.25, -0.2) is 14.8 Å². The molecule has 1 fully saturated rings. The van der Waals surface area contributed by atoms with E-state index in [9.17, 15) is 9.59 Å². The van der Waals surface area contributed by atoms with Crippen molar-refractivity contribution in [2.24, 2.45) is 0 Å². The van der Waals surface area contributed by atoms with Crippen LogP contribution in [-0.4, -0.2) is 77.3 Å². The molecule has 0 aliphatic carbocycles. The van der Waals surface area contributed by atoms with Crippen molar-refractivity contribution in [3.05, 3.63) is 77.8 Å². The fraction of sp³-hybridized carbons (Fsp3) is 0.250. The summed E-state index contributed by atoms with van der Waals surface area (Å²) >= 11 is 0. The second kappa shape index (κ2) is 12.1. The molecule has 0 unspecified atom stereocenters. The van der Waals surface area contributed by atoms with Crippen molar-refractivity contribution in [3.63, 3.8) is 0 Å². The number of urea groups is 1. The number of carbonyl (C=O) groups excluding carboxylic acids is 2. The Bertz CT molecular complexity index is 1810. The maximum atomic E-state index is 12.7. The molecule has 1 aliphatic heterocycles. The molecule has 3 amide bonds. The van der Waals surface area contributed by atoms with Gasteiger partial charge in [0.25, 0.3) is 5.91 Å². The van der Waals surface area contributed by atoms with E-state index in [0.29, 0.717) is 60.1 Å². The van der Waals surface area contributed by atoms with Crippen molar-refractivity contribution in [2.45, 2.75) is 13.8 Å². The predicted octanol–water partition coefficient (Wildman–Crippen LogP) is 5.15. The number of morpholine rings is 1. The zero-order chi connectivity index (χ0) is 30.8. The smallest absolute Gasteiger partial charge is 0.323 e. The van der Waals surface area contributed by atoms with Crippen LogP contribution in [0, 0.1) is 13.8 Å². The van der Waals surface area contributed by atoms with E-state index in [4.69, 9.17) is 24.2 Å². The van der Waals surface area contributed by atoms with Gasteiger partial charge < -0.3 is 29.7 Å². The zero-order valence-electron chi connectivity index (χ0n) is 24.9. The van der Waals surface area contributed by atoms with E-state index < -0.39 is 6.03 Å². The van der Waals surface area contributed by atoms with Gasteiger partial charge in [0.05, 0.1) is 24.4 Å². The normalized spacial score (nSPS) is 13.1. The second-order valence-corrected chi connectivity index (χ2v) is 10.7. The average molecular weight is 593 g/mol. The molecule has 1 saturated heterocycles. The van der Waals surface area contributed by atoms with Gasteiger partial charge in [0, 0.05) is 67.0 Å². The maximum absolute atomic E-state index is 12.7. The van der Waals surface area contributed by atoms with Crippen molar-refractivity contribution >= 4 is 40.2 Å². The Morgan fingerprint density at radius 1 is 0.886 bits per heavy atom. The molecule has 1 aliphatic rings. The van der Waals surface area contributed by atoms with Crippen LogP contribution in [0.25, 0.3) is 33.5 Å². The van der Waals surface area contributed by atoms with Crippen molar-refractivity contribution in [2.75, 3.05) is 55.9 Å². The highest BCUT2D eigenvalue weighted by atomic mass is 16.5.